The minimum atomic E-state index is 0. The van der Waals surface area contributed by atoms with Crippen molar-refractivity contribution in [3.05, 3.63) is 28.8 Å². The molecule has 3 nitrogen and oxygen atoms in total. The smallest absolute Gasteiger partial charge is 0.224 e. The monoisotopic (exact) mass is 302 g/mol. The number of amides is 1. The summed E-state index contributed by atoms with van der Waals surface area (Å²) in [7, 11) is 0. The van der Waals surface area contributed by atoms with E-state index in [4.69, 9.17) is 11.6 Å². The molecule has 1 aliphatic heterocycles. The number of carbonyl (C=O) groups excluding carboxylic acids is 1. The highest BCUT2D eigenvalue weighted by Crippen LogP contribution is 2.20. The summed E-state index contributed by atoms with van der Waals surface area (Å²) in [5.74, 6) is 0.745. The van der Waals surface area contributed by atoms with E-state index in [9.17, 15) is 4.79 Å². The van der Waals surface area contributed by atoms with Crippen molar-refractivity contribution >= 4 is 35.6 Å². The molecule has 1 amide bonds. The maximum atomic E-state index is 11.8. The average molecular weight is 303 g/mol. The zero-order chi connectivity index (χ0) is 13.0. The van der Waals surface area contributed by atoms with Gasteiger partial charge < -0.3 is 10.6 Å². The van der Waals surface area contributed by atoms with Crippen molar-refractivity contribution in [1.29, 1.82) is 0 Å². The fourth-order valence-corrected chi connectivity index (χ4v) is 2.50. The molecule has 1 saturated heterocycles. The SMILES string of the molecule is Cc1cc(Cl)ccc1NC(=O)CCC1CCNC1.Cl. The number of benzene rings is 1. The van der Waals surface area contributed by atoms with Crippen molar-refractivity contribution in [1.82, 2.24) is 5.32 Å². The van der Waals surface area contributed by atoms with E-state index in [-0.39, 0.29) is 18.3 Å². The number of carbonyl (C=O) groups is 1. The third-order valence-corrected chi connectivity index (χ3v) is 3.64. The van der Waals surface area contributed by atoms with Crippen molar-refractivity contribution in [3.8, 4) is 0 Å². The van der Waals surface area contributed by atoms with E-state index in [0.717, 1.165) is 30.8 Å². The number of halogens is 2. The highest BCUT2D eigenvalue weighted by Gasteiger charge is 2.15. The summed E-state index contributed by atoms with van der Waals surface area (Å²) in [6.07, 6.45) is 2.74. The summed E-state index contributed by atoms with van der Waals surface area (Å²) >= 11 is 5.88. The second kappa shape index (κ2) is 7.73. The molecule has 0 bridgehead atoms. The van der Waals surface area contributed by atoms with Gasteiger partial charge in [0, 0.05) is 17.1 Å². The lowest BCUT2D eigenvalue weighted by atomic mass is 10.0. The van der Waals surface area contributed by atoms with Crippen LogP contribution in [0.25, 0.3) is 0 Å². The lowest BCUT2D eigenvalue weighted by molar-refractivity contribution is -0.116. The largest absolute Gasteiger partial charge is 0.326 e. The zero-order valence-electron chi connectivity index (χ0n) is 11.0. The molecule has 0 aliphatic carbocycles. The van der Waals surface area contributed by atoms with E-state index in [1.54, 1.807) is 6.07 Å². The molecule has 106 valence electrons. The van der Waals surface area contributed by atoms with Crippen molar-refractivity contribution < 1.29 is 4.79 Å². The normalized spacial score (nSPS) is 17.9. The van der Waals surface area contributed by atoms with Crippen molar-refractivity contribution in [2.75, 3.05) is 18.4 Å². The molecule has 5 heteroatoms. The first-order valence-electron chi connectivity index (χ1n) is 6.42. The van der Waals surface area contributed by atoms with Crippen LogP contribution in [-0.4, -0.2) is 19.0 Å². The van der Waals surface area contributed by atoms with Crippen LogP contribution in [0.15, 0.2) is 18.2 Å². The highest BCUT2D eigenvalue weighted by atomic mass is 35.5. The molecule has 1 aliphatic rings. The molecule has 1 unspecified atom stereocenters. The molecule has 2 N–H and O–H groups in total. The minimum Gasteiger partial charge on any atom is -0.326 e. The molecule has 1 heterocycles. The quantitative estimate of drug-likeness (QED) is 0.895. The van der Waals surface area contributed by atoms with Gasteiger partial charge in [0.25, 0.3) is 0 Å². The maximum absolute atomic E-state index is 11.8. The lowest BCUT2D eigenvalue weighted by Crippen LogP contribution is -2.15. The second-order valence-electron chi connectivity index (χ2n) is 4.90. The number of hydrogen-bond donors (Lipinski definition) is 2. The Morgan fingerprint density at radius 1 is 1.53 bits per heavy atom. The van der Waals surface area contributed by atoms with E-state index in [2.05, 4.69) is 10.6 Å². The number of anilines is 1. The molecule has 19 heavy (non-hydrogen) atoms. The molecule has 1 atom stereocenters. The van der Waals surface area contributed by atoms with Crippen LogP contribution >= 0.6 is 24.0 Å². The first-order valence-corrected chi connectivity index (χ1v) is 6.79. The molecular formula is C14H20Cl2N2O. The summed E-state index contributed by atoms with van der Waals surface area (Å²) in [5, 5.41) is 6.95. The molecule has 1 aromatic carbocycles. The Morgan fingerprint density at radius 3 is 2.95 bits per heavy atom. The Labute approximate surface area is 125 Å². The molecule has 0 radical (unpaired) electrons. The van der Waals surface area contributed by atoms with Gasteiger partial charge in [-0.05, 0) is 62.5 Å². The van der Waals surface area contributed by atoms with Crippen LogP contribution in [0.1, 0.15) is 24.8 Å². The van der Waals surface area contributed by atoms with Crippen LogP contribution in [-0.2, 0) is 4.79 Å². The van der Waals surface area contributed by atoms with Crippen LogP contribution in [0.5, 0.6) is 0 Å². The van der Waals surface area contributed by atoms with Gasteiger partial charge in [0.2, 0.25) is 5.91 Å². The summed E-state index contributed by atoms with van der Waals surface area (Å²) < 4.78 is 0. The van der Waals surface area contributed by atoms with Gasteiger partial charge in [-0.3, -0.25) is 4.79 Å². The van der Waals surface area contributed by atoms with Crippen molar-refractivity contribution in [2.24, 2.45) is 5.92 Å². The standard InChI is InChI=1S/C14H19ClN2O.ClH/c1-10-8-12(15)3-4-13(10)17-14(18)5-2-11-6-7-16-9-11;/h3-4,8,11,16H,2,5-7,9H2,1H3,(H,17,18);1H. The Bertz CT molecular complexity index is 431. The summed E-state index contributed by atoms with van der Waals surface area (Å²) in [6, 6.07) is 5.51. The van der Waals surface area contributed by atoms with Gasteiger partial charge in [-0.2, -0.15) is 0 Å². The molecule has 0 saturated carbocycles. The van der Waals surface area contributed by atoms with E-state index in [1.165, 1.54) is 6.42 Å². The number of aryl methyl sites for hydroxylation is 1. The molecule has 1 aromatic rings. The molecule has 1 fully saturated rings. The summed E-state index contributed by atoms with van der Waals surface area (Å²) in [6.45, 7) is 4.08. The van der Waals surface area contributed by atoms with Crippen LogP contribution < -0.4 is 10.6 Å². The lowest BCUT2D eigenvalue weighted by Gasteiger charge is -2.10. The topological polar surface area (TPSA) is 41.1 Å². The zero-order valence-corrected chi connectivity index (χ0v) is 12.6. The van der Waals surface area contributed by atoms with Crippen molar-refractivity contribution in [3.63, 3.8) is 0 Å². The van der Waals surface area contributed by atoms with Gasteiger partial charge in [0.1, 0.15) is 0 Å². The van der Waals surface area contributed by atoms with Crippen LogP contribution in [0.2, 0.25) is 5.02 Å². The van der Waals surface area contributed by atoms with Gasteiger partial charge in [-0.15, -0.1) is 12.4 Å². The van der Waals surface area contributed by atoms with Crippen LogP contribution in [0.4, 0.5) is 5.69 Å². The fraction of sp³-hybridized carbons (Fsp3) is 0.500. The number of hydrogen-bond acceptors (Lipinski definition) is 2. The number of nitrogens with one attached hydrogen (secondary N) is 2. The van der Waals surface area contributed by atoms with Crippen LogP contribution in [0.3, 0.4) is 0 Å². The third-order valence-electron chi connectivity index (χ3n) is 3.40. The van der Waals surface area contributed by atoms with Crippen LogP contribution in [0, 0.1) is 12.8 Å². The average Bonchev–Trinajstić information content (AvgIpc) is 2.83. The van der Waals surface area contributed by atoms with E-state index in [1.807, 2.05) is 19.1 Å². The first-order chi connectivity index (χ1) is 8.65. The predicted octanol–water partition coefficient (Wildman–Crippen LogP) is 3.40. The molecule has 2 rings (SSSR count). The summed E-state index contributed by atoms with van der Waals surface area (Å²) in [4.78, 5) is 11.8. The van der Waals surface area contributed by atoms with Gasteiger partial charge in [-0.1, -0.05) is 11.6 Å². The van der Waals surface area contributed by atoms with E-state index in [0.29, 0.717) is 17.4 Å². The fourth-order valence-electron chi connectivity index (χ4n) is 2.28. The van der Waals surface area contributed by atoms with Gasteiger partial charge in [0.05, 0.1) is 0 Å². The van der Waals surface area contributed by atoms with Crippen molar-refractivity contribution in [2.45, 2.75) is 26.2 Å². The number of rotatable bonds is 4. The van der Waals surface area contributed by atoms with Gasteiger partial charge in [0.15, 0.2) is 0 Å². The first kappa shape index (κ1) is 16.3. The predicted molar refractivity (Wildman–Crippen MR) is 82.3 cm³/mol. The Kier molecular flexibility index (Phi) is 6.63. The Balaban J connectivity index is 0.00000180. The molecular weight excluding hydrogens is 283 g/mol. The van der Waals surface area contributed by atoms with E-state index < -0.39 is 0 Å². The maximum Gasteiger partial charge on any atom is 0.224 e. The van der Waals surface area contributed by atoms with Gasteiger partial charge >= 0.3 is 0 Å². The second-order valence-corrected chi connectivity index (χ2v) is 5.34. The Morgan fingerprint density at radius 2 is 2.32 bits per heavy atom. The highest BCUT2D eigenvalue weighted by molar-refractivity contribution is 6.30. The van der Waals surface area contributed by atoms with E-state index >= 15 is 0 Å². The Hall–Kier alpha value is -0.770. The minimum absolute atomic E-state index is 0. The molecule has 0 aromatic heterocycles. The summed E-state index contributed by atoms with van der Waals surface area (Å²) in [5.41, 5.74) is 1.85. The third kappa shape index (κ3) is 5.01. The van der Waals surface area contributed by atoms with Gasteiger partial charge in [-0.25, -0.2) is 0 Å². The molecule has 0 spiro atoms.